The van der Waals surface area contributed by atoms with E-state index in [1.165, 1.54) is 6.92 Å². The fourth-order valence-electron chi connectivity index (χ4n) is 1.72. The summed E-state index contributed by atoms with van der Waals surface area (Å²) in [7, 11) is 0. The molecule has 4 N–H and O–H groups in total. The molecule has 0 aliphatic carbocycles. The largest absolute Gasteiger partial charge is 0.394 e. The van der Waals surface area contributed by atoms with E-state index in [0.717, 1.165) is 0 Å². The van der Waals surface area contributed by atoms with Crippen LogP contribution < -0.4 is 5.32 Å². The number of hydrogen-bond donors (Lipinski definition) is 4. The van der Waals surface area contributed by atoms with Crippen LogP contribution in [-0.4, -0.2) is 58.3 Å². The minimum absolute atomic E-state index is 0.344. The van der Waals surface area contributed by atoms with Gasteiger partial charge in [0.1, 0.15) is 18.3 Å². The van der Waals surface area contributed by atoms with E-state index >= 15 is 0 Å². The van der Waals surface area contributed by atoms with Gasteiger partial charge in [-0.2, -0.15) is 0 Å². The van der Waals surface area contributed by atoms with Gasteiger partial charge in [0.15, 0.2) is 0 Å². The molecule has 6 nitrogen and oxygen atoms in total. The number of aliphatic hydroxyl groups excluding tert-OH is 3. The highest BCUT2D eigenvalue weighted by atomic mass is 16.5. The van der Waals surface area contributed by atoms with Crippen LogP contribution in [0.25, 0.3) is 0 Å². The molecule has 0 radical (unpaired) electrons. The van der Waals surface area contributed by atoms with Gasteiger partial charge in [-0.05, 0) is 6.92 Å². The van der Waals surface area contributed by atoms with Crippen molar-refractivity contribution in [3.63, 3.8) is 0 Å². The highest BCUT2D eigenvalue weighted by molar-refractivity contribution is 5.73. The predicted molar refractivity (Wildman–Crippen MR) is 51.0 cm³/mol. The first-order valence-electron chi connectivity index (χ1n) is 4.87. The summed E-state index contributed by atoms with van der Waals surface area (Å²) in [4.78, 5) is 10.9. The van der Waals surface area contributed by atoms with Crippen LogP contribution in [0.5, 0.6) is 0 Å². The molecule has 88 valence electrons. The Morgan fingerprint density at radius 1 is 1.40 bits per heavy atom. The van der Waals surface area contributed by atoms with Gasteiger partial charge in [0.05, 0.1) is 18.8 Å². The standard InChI is InChI=1S/C9H17NO5/c1-4-8(13)7(10-5(2)12)9(14)6(3-11)15-4/h4,6-9,11,13-14H,3H2,1-2H3,(H,10,12). The second kappa shape index (κ2) is 4.89. The monoisotopic (exact) mass is 219 g/mol. The van der Waals surface area contributed by atoms with Crippen LogP contribution in [0.2, 0.25) is 0 Å². The Balaban J connectivity index is 2.74. The Morgan fingerprint density at radius 3 is 2.47 bits per heavy atom. The molecule has 15 heavy (non-hydrogen) atoms. The van der Waals surface area contributed by atoms with Crippen molar-refractivity contribution in [2.75, 3.05) is 6.61 Å². The number of carbonyl (C=O) groups is 1. The quantitative estimate of drug-likeness (QED) is 0.430. The smallest absolute Gasteiger partial charge is 0.217 e. The first kappa shape index (κ1) is 12.4. The lowest BCUT2D eigenvalue weighted by Gasteiger charge is -2.41. The van der Waals surface area contributed by atoms with Gasteiger partial charge in [-0.15, -0.1) is 0 Å². The zero-order valence-corrected chi connectivity index (χ0v) is 8.75. The van der Waals surface area contributed by atoms with Crippen molar-refractivity contribution in [2.45, 2.75) is 44.3 Å². The van der Waals surface area contributed by atoms with Crippen molar-refractivity contribution in [1.29, 1.82) is 0 Å². The van der Waals surface area contributed by atoms with Crippen LogP contribution in [0.15, 0.2) is 0 Å². The molecule has 5 unspecified atom stereocenters. The number of amides is 1. The number of ether oxygens (including phenoxy) is 1. The average molecular weight is 219 g/mol. The van der Waals surface area contributed by atoms with Crippen LogP contribution in [0.1, 0.15) is 13.8 Å². The fraction of sp³-hybridized carbons (Fsp3) is 0.889. The van der Waals surface area contributed by atoms with Crippen molar-refractivity contribution in [3.8, 4) is 0 Å². The van der Waals surface area contributed by atoms with Gasteiger partial charge >= 0.3 is 0 Å². The van der Waals surface area contributed by atoms with Crippen LogP contribution in [0.4, 0.5) is 0 Å². The first-order valence-corrected chi connectivity index (χ1v) is 4.87. The fourth-order valence-corrected chi connectivity index (χ4v) is 1.72. The molecule has 0 aromatic heterocycles. The van der Waals surface area contributed by atoms with Crippen molar-refractivity contribution in [1.82, 2.24) is 5.32 Å². The molecule has 0 bridgehead atoms. The lowest BCUT2D eigenvalue weighted by Crippen LogP contribution is -2.63. The molecule has 6 heteroatoms. The van der Waals surface area contributed by atoms with E-state index in [2.05, 4.69) is 5.32 Å². The number of nitrogens with one attached hydrogen (secondary N) is 1. The van der Waals surface area contributed by atoms with Gasteiger partial charge in [-0.3, -0.25) is 4.79 Å². The van der Waals surface area contributed by atoms with Gasteiger partial charge in [0.2, 0.25) is 5.91 Å². The second-order valence-corrected chi connectivity index (χ2v) is 3.77. The van der Waals surface area contributed by atoms with E-state index in [1.807, 2.05) is 0 Å². The van der Waals surface area contributed by atoms with Crippen LogP contribution in [0.3, 0.4) is 0 Å². The summed E-state index contributed by atoms with van der Waals surface area (Å²) in [5.41, 5.74) is 0. The zero-order valence-electron chi connectivity index (χ0n) is 8.75. The molecule has 1 heterocycles. The van der Waals surface area contributed by atoms with E-state index in [1.54, 1.807) is 6.92 Å². The average Bonchev–Trinajstić information content (AvgIpc) is 2.18. The molecule has 1 rings (SSSR count). The van der Waals surface area contributed by atoms with E-state index in [9.17, 15) is 15.0 Å². The summed E-state index contributed by atoms with van der Waals surface area (Å²) in [5.74, 6) is -0.344. The van der Waals surface area contributed by atoms with E-state index in [0.29, 0.717) is 0 Å². The van der Waals surface area contributed by atoms with Gasteiger partial charge in [-0.1, -0.05) is 0 Å². The minimum Gasteiger partial charge on any atom is -0.394 e. The number of aliphatic hydroxyl groups is 3. The zero-order chi connectivity index (χ0) is 11.6. The van der Waals surface area contributed by atoms with Crippen LogP contribution >= 0.6 is 0 Å². The molecule has 5 atom stereocenters. The Bertz CT molecular complexity index is 235. The molecule has 0 saturated carbocycles. The molecular formula is C9H17NO5. The Kier molecular flexibility index (Phi) is 4.04. The van der Waals surface area contributed by atoms with E-state index < -0.39 is 30.5 Å². The molecule has 1 saturated heterocycles. The second-order valence-electron chi connectivity index (χ2n) is 3.77. The minimum atomic E-state index is -1.11. The molecule has 1 aliphatic rings. The summed E-state index contributed by atoms with van der Waals surface area (Å²) < 4.78 is 5.17. The third-order valence-corrected chi connectivity index (χ3v) is 2.54. The Hall–Kier alpha value is -0.690. The topological polar surface area (TPSA) is 99.0 Å². The van der Waals surface area contributed by atoms with E-state index in [4.69, 9.17) is 9.84 Å². The van der Waals surface area contributed by atoms with Gasteiger partial charge < -0.3 is 25.4 Å². The van der Waals surface area contributed by atoms with Crippen molar-refractivity contribution >= 4 is 5.91 Å². The van der Waals surface area contributed by atoms with Crippen molar-refractivity contribution in [3.05, 3.63) is 0 Å². The van der Waals surface area contributed by atoms with E-state index in [-0.39, 0.29) is 12.5 Å². The maximum absolute atomic E-state index is 10.9. The van der Waals surface area contributed by atoms with Crippen LogP contribution in [-0.2, 0) is 9.53 Å². The maximum atomic E-state index is 10.9. The lowest BCUT2D eigenvalue weighted by atomic mass is 9.93. The highest BCUT2D eigenvalue weighted by Crippen LogP contribution is 2.20. The summed E-state index contributed by atoms with van der Waals surface area (Å²) in [6.07, 6.45) is -3.40. The van der Waals surface area contributed by atoms with Gasteiger partial charge in [-0.25, -0.2) is 0 Å². The summed E-state index contributed by atoms with van der Waals surface area (Å²) in [6, 6.07) is -0.802. The highest BCUT2D eigenvalue weighted by Gasteiger charge is 2.42. The summed E-state index contributed by atoms with van der Waals surface area (Å²) >= 11 is 0. The third kappa shape index (κ3) is 2.66. The van der Waals surface area contributed by atoms with Gasteiger partial charge in [0.25, 0.3) is 0 Å². The Labute approximate surface area is 87.9 Å². The SMILES string of the molecule is CC(=O)NC1C(O)C(C)OC(CO)C1O. The normalized spacial score (nSPS) is 41.3. The first-order chi connectivity index (χ1) is 6.97. The molecule has 1 aliphatic heterocycles. The van der Waals surface area contributed by atoms with Gasteiger partial charge in [0, 0.05) is 6.92 Å². The molecule has 0 aromatic rings. The number of rotatable bonds is 2. The summed E-state index contributed by atoms with van der Waals surface area (Å²) in [5, 5.41) is 30.8. The third-order valence-electron chi connectivity index (χ3n) is 2.54. The van der Waals surface area contributed by atoms with Crippen LogP contribution in [0, 0.1) is 0 Å². The molecule has 1 fully saturated rings. The van der Waals surface area contributed by atoms with Crippen molar-refractivity contribution in [2.24, 2.45) is 0 Å². The number of hydrogen-bond acceptors (Lipinski definition) is 5. The number of carbonyl (C=O) groups excluding carboxylic acids is 1. The molecule has 0 spiro atoms. The summed E-state index contributed by atoms with van der Waals surface area (Å²) in [6.45, 7) is 2.57. The predicted octanol–water partition coefficient (Wildman–Crippen LogP) is -2.01. The van der Waals surface area contributed by atoms with Crippen molar-refractivity contribution < 1.29 is 24.9 Å². The Morgan fingerprint density at radius 2 is 2.00 bits per heavy atom. The lowest BCUT2D eigenvalue weighted by molar-refractivity contribution is -0.189. The maximum Gasteiger partial charge on any atom is 0.217 e. The molecule has 0 aromatic carbocycles. The molecule has 1 amide bonds. The molecular weight excluding hydrogens is 202 g/mol.